The summed E-state index contributed by atoms with van der Waals surface area (Å²) in [6.45, 7) is 0.806. The number of aryl methyl sites for hydroxylation is 1. The average molecular weight is 531 g/mol. The molecule has 0 aliphatic heterocycles. The van der Waals surface area contributed by atoms with Gasteiger partial charge in [-0.05, 0) is 67.1 Å². The van der Waals surface area contributed by atoms with Gasteiger partial charge in [0.2, 0.25) is 5.91 Å². The Bertz CT molecular complexity index is 1350. The minimum atomic E-state index is -4.69. The van der Waals surface area contributed by atoms with Crippen LogP contribution in [0.15, 0.2) is 65.6 Å². The number of anilines is 2. The van der Waals surface area contributed by atoms with E-state index in [1.165, 1.54) is 19.2 Å². The lowest BCUT2D eigenvalue weighted by Gasteiger charge is -2.25. The maximum Gasteiger partial charge on any atom is 0.416 e. The van der Waals surface area contributed by atoms with E-state index in [0.29, 0.717) is 15.9 Å². The lowest BCUT2D eigenvalue weighted by Crippen LogP contribution is -2.38. The number of hydrogen-bond donors (Lipinski definition) is 1. The van der Waals surface area contributed by atoms with E-state index in [4.69, 9.17) is 16.3 Å². The van der Waals surface area contributed by atoms with Gasteiger partial charge >= 0.3 is 6.18 Å². The quantitative estimate of drug-likeness (QED) is 0.401. The van der Waals surface area contributed by atoms with Crippen molar-refractivity contribution in [3.63, 3.8) is 0 Å². The number of amides is 1. The molecule has 0 aliphatic rings. The Morgan fingerprint density at radius 3 is 2.31 bits per heavy atom. The van der Waals surface area contributed by atoms with Crippen molar-refractivity contribution in [2.24, 2.45) is 0 Å². The fourth-order valence-electron chi connectivity index (χ4n) is 3.14. The summed E-state index contributed by atoms with van der Waals surface area (Å²) in [5.74, 6) is -1.62. The van der Waals surface area contributed by atoms with Crippen LogP contribution < -0.4 is 14.4 Å². The Balaban J connectivity index is 2.02. The first-order chi connectivity index (χ1) is 16.3. The molecule has 0 bridgehead atoms. The Labute approximate surface area is 204 Å². The second kappa shape index (κ2) is 10.1. The van der Waals surface area contributed by atoms with Crippen molar-refractivity contribution in [1.29, 1.82) is 0 Å². The van der Waals surface area contributed by atoms with Crippen LogP contribution in [-0.4, -0.2) is 28.0 Å². The van der Waals surface area contributed by atoms with Crippen LogP contribution in [-0.2, 0) is 21.0 Å². The number of halogens is 5. The van der Waals surface area contributed by atoms with Crippen molar-refractivity contribution >= 4 is 38.9 Å². The molecule has 1 N–H and O–H groups in total. The fourth-order valence-corrected chi connectivity index (χ4v) is 4.97. The van der Waals surface area contributed by atoms with Gasteiger partial charge in [0, 0.05) is 0 Å². The van der Waals surface area contributed by atoms with Gasteiger partial charge < -0.3 is 10.1 Å². The third kappa shape index (κ3) is 6.04. The van der Waals surface area contributed by atoms with Crippen molar-refractivity contribution in [1.82, 2.24) is 0 Å². The molecule has 0 atom stereocenters. The van der Waals surface area contributed by atoms with Crippen LogP contribution in [0, 0.1) is 12.7 Å². The van der Waals surface area contributed by atoms with Gasteiger partial charge in [0.1, 0.15) is 23.0 Å². The van der Waals surface area contributed by atoms with Crippen LogP contribution in [0.5, 0.6) is 5.75 Å². The second-order valence-electron chi connectivity index (χ2n) is 7.38. The van der Waals surface area contributed by atoms with Crippen molar-refractivity contribution in [2.45, 2.75) is 18.0 Å². The van der Waals surface area contributed by atoms with Gasteiger partial charge in [-0.2, -0.15) is 13.2 Å². The summed E-state index contributed by atoms with van der Waals surface area (Å²) in [5, 5.41) is 2.04. The number of rotatable bonds is 7. The van der Waals surface area contributed by atoms with E-state index < -0.39 is 40.0 Å². The summed E-state index contributed by atoms with van der Waals surface area (Å²) in [7, 11) is -3.18. The van der Waals surface area contributed by atoms with Crippen molar-refractivity contribution in [3.8, 4) is 5.75 Å². The predicted molar refractivity (Wildman–Crippen MR) is 124 cm³/mol. The Morgan fingerprint density at radius 2 is 1.71 bits per heavy atom. The maximum absolute atomic E-state index is 13.6. The van der Waals surface area contributed by atoms with Gasteiger partial charge in [0.15, 0.2) is 0 Å². The average Bonchev–Trinajstić information content (AvgIpc) is 2.79. The van der Waals surface area contributed by atoms with E-state index in [1.807, 2.05) is 0 Å². The third-order valence-corrected chi connectivity index (χ3v) is 6.98. The van der Waals surface area contributed by atoms with Crippen molar-refractivity contribution in [3.05, 3.63) is 82.6 Å². The van der Waals surface area contributed by atoms with Crippen LogP contribution in [0.1, 0.15) is 11.1 Å². The number of methoxy groups -OCH3 is 1. The molecule has 0 radical (unpaired) electrons. The summed E-state index contributed by atoms with van der Waals surface area (Å²) in [5.41, 5.74) is -0.871. The van der Waals surface area contributed by atoms with E-state index in [2.05, 4.69) is 5.32 Å². The van der Waals surface area contributed by atoms with Crippen LogP contribution >= 0.6 is 11.6 Å². The number of hydrogen-bond acceptors (Lipinski definition) is 4. The zero-order chi connectivity index (χ0) is 26.0. The van der Waals surface area contributed by atoms with Gasteiger partial charge in [-0.15, -0.1) is 0 Å². The molecule has 0 heterocycles. The first-order valence-corrected chi connectivity index (χ1v) is 11.7. The largest absolute Gasteiger partial charge is 0.495 e. The summed E-state index contributed by atoms with van der Waals surface area (Å²) in [6, 6.07) is 11.1. The molecule has 186 valence electrons. The second-order valence-corrected chi connectivity index (χ2v) is 9.62. The molecule has 0 saturated carbocycles. The molecule has 0 spiro atoms. The molecule has 3 aromatic rings. The SMILES string of the molecule is COc1ccc(C)cc1S(=O)(=O)N(CC(=O)Nc1cc(C(F)(F)F)ccc1Cl)c1ccc(F)cc1. The zero-order valence-corrected chi connectivity index (χ0v) is 19.9. The summed E-state index contributed by atoms with van der Waals surface area (Å²) in [4.78, 5) is 12.6. The summed E-state index contributed by atoms with van der Waals surface area (Å²) >= 11 is 5.93. The van der Waals surface area contributed by atoms with Crippen LogP contribution in [0.4, 0.5) is 28.9 Å². The van der Waals surface area contributed by atoms with E-state index in [1.54, 1.807) is 13.0 Å². The molecule has 0 aromatic heterocycles. The molecule has 0 aliphatic carbocycles. The summed E-state index contributed by atoms with van der Waals surface area (Å²) < 4.78 is 85.7. The molecular weight excluding hydrogens is 512 g/mol. The number of sulfonamides is 1. The van der Waals surface area contributed by atoms with Gasteiger partial charge in [0.25, 0.3) is 10.0 Å². The van der Waals surface area contributed by atoms with Crippen LogP contribution in [0.3, 0.4) is 0 Å². The number of nitrogens with zero attached hydrogens (tertiary/aromatic N) is 1. The lowest BCUT2D eigenvalue weighted by atomic mass is 10.2. The monoisotopic (exact) mass is 530 g/mol. The minimum absolute atomic E-state index is 0.00374. The molecule has 0 saturated heterocycles. The van der Waals surface area contributed by atoms with Gasteiger partial charge in [-0.25, -0.2) is 12.8 Å². The molecule has 3 aromatic carbocycles. The smallest absolute Gasteiger partial charge is 0.416 e. The van der Waals surface area contributed by atoms with E-state index in [0.717, 1.165) is 36.4 Å². The molecule has 0 unspecified atom stereocenters. The number of ether oxygens (including phenoxy) is 1. The highest BCUT2D eigenvalue weighted by molar-refractivity contribution is 7.93. The number of benzene rings is 3. The van der Waals surface area contributed by atoms with Gasteiger partial charge in [-0.3, -0.25) is 9.10 Å². The first-order valence-electron chi connectivity index (χ1n) is 9.92. The number of carbonyl (C=O) groups is 1. The van der Waals surface area contributed by atoms with Gasteiger partial charge in [0.05, 0.1) is 29.1 Å². The molecular formula is C23H19ClF4N2O4S. The Kier molecular flexibility index (Phi) is 7.61. The highest BCUT2D eigenvalue weighted by Gasteiger charge is 2.32. The fraction of sp³-hybridized carbons (Fsp3) is 0.174. The van der Waals surface area contributed by atoms with E-state index in [9.17, 15) is 30.8 Å². The molecule has 1 amide bonds. The van der Waals surface area contributed by atoms with Crippen LogP contribution in [0.2, 0.25) is 5.02 Å². The lowest BCUT2D eigenvalue weighted by molar-refractivity contribution is -0.137. The van der Waals surface area contributed by atoms with Crippen molar-refractivity contribution in [2.75, 3.05) is 23.3 Å². The molecule has 35 heavy (non-hydrogen) atoms. The first kappa shape index (κ1) is 26.3. The molecule has 12 heteroatoms. The van der Waals surface area contributed by atoms with Gasteiger partial charge in [-0.1, -0.05) is 17.7 Å². The molecule has 3 rings (SSSR count). The maximum atomic E-state index is 13.6. The summed E-state index contributed by atoms with van der Waals surface area (Å²) in [6.07, 6.45) is -4.69. The Morgan fingerprint density at radius 1 is 1.06 bits per heavy atom. The number of alkyl halides is 3. The highest BCUT2D eigenvalue weighted by Crippen LogP contribution is 2.34. The van der Waals surface area contributed by atoms with E-state index in [-0.39, 0.29) is 27.0 Å². The molecule has 6 nitrogen and oxygen atoms in total. The third-order valence-electron chi connectivity index (χ3n) is 4.86. The normalized spacial score (nSPS) is 11.7. The van der Waals surface area contributed by atoms with Crippen molar-refractivity contribution < 1.29 is 35.5 Å². The predicted octanol–water partition coefficient (Wildman–Crippen LogP) is 5.65. The zero-order valence-electron chi connectivity index (χ0n) is 18.4. The topological polar surface area (TPSA) is 75.7 Å². The highest BCUT2D eigenvalue weighted by atomic mass is 35.5. The minimum Gasteiger partial charge on any atom is -0.495 e. The number of carbonyl (C=O) groups excluding carboxylic acids is 1. The standard InChI is InChI=1S/C23H19ClF4N2O4S/c1-14-3-10-20(34-2)21(11-14)35(32,33)30(17-7-5-16(25)6-8-17)13-22(31)29-19-12-15(23(26,27)28)4-9-18(19)24/h3-12H,13H2,1-2H3,(H,29,31). The Hall–Kier alpha value is -3.31. The number of nitrogens with one attached hydrogen (secondary N) is 1. The van der Waals surface area contributed by atoms with Crippen LogP contribution in [0.25, 0.3) is 0 Å². The molecule has 0 fully saturated rings. The van der Waals surface area contributed by atoms with E-state index >= 15 is 0 Å².